The number of benzene rings is 1. The van der Waals surface area contributed by atoms with Gasteiger partial charge in [0.15, 0.2) is 0 Å². The smallest absolute Gasteiger partial charge is 0.126 e. The topological polar surface area (TPSA) is 43.8 Å². The van der Waals surface area contributed by atoms with Crippen molar-refractivity contribution >= 4 is 11.6 Å². The van der Waals surface area contributed by atoms with Gasteiger partial charge in [0.1, 0.15) is 11.6 Å². The van der Waals surface area contributed by atoms with Crippen LogP contribution in [0.25, 0.3) is 0 Å². The van der Waals surface area contributed by atoms with Crippen LogP contribution < -0.4 is 5.73 Å². The third-order valence-corrected chi connectivity index (χ3v) is 2.96. The van der Waals surface area contributed by atoms with Gasteiger partial charge in [0.05, 0.1) is 23.0 Å². The summed E-state index contributed by atoms with van der Waals surface area (Å²) in [5, 5.41) is 4.42. The van der Waals surface area contributed by atoms with Crippen LogP contribution in [0, 0.1) is 11.6 Å². The molecule has 0 spiro atoms. The molecule has 2 N–H and O–H groups in total. The zero-order valence-corrected chi connectivity index (χ0v) is 10.5. The first-order chi connectivity index (χ1) is 8.47. The molecule has 1 unspecified atom stereocenters. The Morgan fingerprint density at radius 2 is 1.94 bits per heavy atom. The molecule has 0 saturated heterocycles. The van der Waals surface area contributed by atoms with Crippen molar-refractivity contribution in [2.45, 2.75) is 12.5 Å². The van der Waals surface area contributed by atoms with Crippen LogP contribution in [-0.4, -0.2) is 9.78 Å². The minimum atomic E-state index is -0.617. The number of hydrogen-bond donors (Lipinski definition) is 1. The van der Waals surface area contributed by atoms with Crippen LogP contribution in [0.3, 0.4) is 0 Å². The molecule has 1 aromatic heterocycles. The van der Waals surface area contributed by atoms with Gasteiger partial charge < -0.3 is 5.73 Å². The Balaban J connectivity index is 2.24. The molecule has 0 amide bonds. The van der Waals surface area contributed by atoms with E-state index < -0.39 is 17.7 Å². The van der Waals surface area contributed by atoms with E-state index in [0.717, 1.165) is 6.07 Å². The van der Waals surface area contributed by atoms with E-state index in [0.29, 0.717) is 16.3 Å². The highest BCUT2D eigenvalue weighted by molar-refractivity contribution is 6.31. The molecule has 3 nitrogen and oxygen atoms in total. The van der Waals surface area contributed by atoms with Crippen molar-refractivity contribution in [1.82, 2.24) is 9.78 Å². The van der Waals surface area contributed by atoms with E-state index in [-0.39, 0.29) is 6.42 Å². The maximum Gasteiger partial charge on any atom is 0.126 e. The summed E-state index contributed by atoms with van der Waals surface area (Å²) in [6.45, 7) is 0. The van der Waals surface area contributed by atoms with Gasteiger partial charge in [-0.05, 0) is 24.1 Å². The van der Waals surface area contributed by atoms with E-state index in [9.17, 15) is 8.78 Å². The molecule has 0 bridgehead atoms. The first-order valence-corrected chi connectivity index (χ1v) is 5.73. The third-order valence-electron chi connectivity index (χ3n) is 2.67. The van der Waals surface area contributed by atoms with Crippen LogP contribution in [0.4, 0.5) is 8.78 Å². The lowest BCUT2D eigenvalue weighted by molar-refractivity contribution is 0.571. The molecule has 1 atom stereocenters. The van der Waals surface area contributed by atoms with E-state index in [1.165, 1.54) is 18.3 Å². The second-order valence-electron chi connectivity index (χ2n) is 4.09. The van der Waals surface area contributed by atoms with Gasteiger partial charge in [0, 0.05) is 13.1 Å². The lowest BCUT2D eigenvalue weighted by Crippen LogP contribution is -2.17. The Morgan fingerprint density at radius 1 is 1.33 bits per heavy atom. The monoisotopic (exact) mass is 271 g/mol. The summed E-state index contributed by atoms with van der Waals surface area (Å²) in [5.74, 6) is -1.23. The number of halogens is 3. The van der Waals surface area contributed by atoms with E-state index in [2.05, 4.69) is 5.10 Å². The lowest BCUT2D eigenvalue weighted by Gasteiger charge is -2.13. The average molecular weight is 272 g/mol. The summed E-state index contributed by atoms with van der Waals surface area (Å²) in [6, 6.07) is 2.87. The van der Waals surface area contributed by atoms with Crippen molar-refractivity contribution in [3.05, 3.63) is 52.3 Å². The number of nitrogens with two attached hydrogens (primary N) is 1. The summed E-state index contributed by atoms with van der Waals surface area (Å²) < 4.78 is 27.7. The maximum atomic E-state index is 13.1. The van der Waals surface area contributed by atoms with Gasteiger partial charge >= 0.3 is 0 Å². The molecule has 1 aromatic carbocycles. The van der Waals surface area contributed by atoms with Crippen LogP contribution in [0.15, 0.2) is 24.4 Å². The van der Waals surface area contributed by atoms with Crippen LogP contribution >= 0.6 is 11.6 Å². The fourth-order valence-electron chi connectivity index (χ4n) is 1.92. The molecule has 2 rings (SSSR count). The molecule has 0 fully saturated rings. The van der Waals surface area contributed by atoms with Crippen molar-refractivity contribution in [3.8, 4) is 0 Å². The summed E-state index contributed by atoms with van der Waals surface area (Å²) in [6.07, 6.45) is 1.77. The quantitative estimate of drug-likeness (QED) is 0.932. The maximum absolute atomic E-state index is 13.1. The molecule has 2 aromatic rings. The van der Waals surface area contributed by atoms with Crippen molar-refractivity contribution in [3.63, 3.8) is 0 Å². The van der Waals surface area contributed by atoms with Gasteiger partial charge in [0.25, 0.3) is 0 Å². The Labute approximate surface area is 108 Å². The van der Waals surface area contributed by atoms with Gasteiger partial charge in [0.2, 0.25) is 0 Å². The molecular formula is C12H12ClF2N3. The highest BCUT2D eigenvalue weighted by Crippen LogP contribution is 2.23. The predicted octanol–water partition coefficient (Wildman–Crippen LogP) is 2.59. The minimum absolute atomic E-state index is 0.286. The second kappa shape index (κ2) is 5.04. The molecule has 0 radical (unpaired) electrons. The first kappa shape index (κ1) is 13.0. The van der Waals surface area contributed by atoms with Crippen LogP contribution in [0.2, 0.25) is 5.02 Å². The fraction of sp³-hybridized carbons (Fsp3) is 0.250. The first-order valence-electron chi connectivity index (χ1n) is 5.35. The molecule has 6 heteroatoms. The molecule has 0 saturated carbocycles. The van der Waals surface area contributed by atoms with Crippen LogP contribution in [0.1, 0.15) is 17.3 Å². The molecule has 0 aliphatic heterocycles. The van der Waals surface area contributed by atoms with E-state index in [1.807, 2.05) is 0 Å². The number of aromatic nitrogens is 2. The van der Waals surface area contributed by atoms with Crippen molar-refractivity contribution in [1.29, 1.82) is 0 Å². The molecule has 0 aliphatic rings. The third kappa shape index (κ3) is 2.68. The van der Waals surface area contributed by atoms with E-state index in [4.69, 9.17) is 17.3 Å². The Hall–Kier alpha value is -1.46. The Bertz CT molecular complexity index is 529. The molecule has 96 valence electrons. The van der Waals surface area contributed by atoms with Crippen LogP contribution in [-0.2, 0) is 13.5 Å². The van der Waals surface area contributed by atoms with Crippen LogP contribution in [0.5, 0.6) is 0 Å². The predicted molar refractivity (Wildman–Crippen MR) is 65.2 cm³/mol. The average Bonchev–Trinajstić information content (AvgIpc) is 2.56. The van der Waals surface area contributed by atoms with Gasteiger partial charge in [-0.1, -0.05) is 11.6 Å². The summed E-state index contributed by atoms with van der Waals surface area (Å²) >= 11 is 5.96. The van der Waals surface area contributed by atoms with Crippen molar-refractivity contribution in [2.75, 3.05) is 0 Å². The van der Waals surface area contributed by atoms with Gasteiger partial charge in [-0.3, -0.25) is 4.68 Å². The Kier molecular flexibility index (Phi) is 3.63. The van der Waals surface area contributed by atoms with Gasteiger partial charge in [-0.2, -0.15) is 5.10 Å². The summed E-state index contributed by atoms with van der Waals surface area (Å²) in [7, 11) is 1.72. The number of nitrogens with zero attached hydrogens (tertiary/aromatic N) is 2. The molecule has 18 heavy (non-hydrogen) atoms. The zero-order chi connectivity index (χ0) is 13.3. The fourth-order valence-corrected chi connectivity index (χ4v) is 2.22. The number of aryl methyl sites for hydroxylation is 1. The van der Waals surface area contributed by atoms with E-state index in [1.54, 1.807) is 11.7 Å². The SMILES string of the molecule is Cn1ncc(Cl)c1C(N)Cc1cc(F)cc(F)c1. The standard InChI is InChI=1S/C12H12ClF2N3/c1-18-12(10(13)6-17-18)11(16)4-7-2-8(14)5-9(15)3-7/h2-3,5-6,11H,4,16H2,1H3. The number of rotatable bonds is 3. The molecule has 0 aliphatic carbocycles. The highest BCUT2D eigenvalue weighted by atomic mass is 35.5. The molecule has 1 heterocycles. The van der Waals surface area contributed by atoms with Crippen molar-refractivity contribution < 1.29 is 8.78 Å². The van der Waals surface area contributed by atoms with E-state index >= 15 is 0 Å². The normalized spacial score (nSPS) is 12.7. The zero-order valence-electron chi connectivity index (χ0n) is 9.70. The second-order valence-corrected chi connectivity index (χ2v) is 4.50. The van der Waals surface area contributed by atoms with Gasteiger partial charge in [-0.15, -0.1) is 0 Å². The lowest BCUT2D eigenvalue weighted by atomic mass is 10.0. The Morgan fingerprint density at radius 3 is 2.44 bits per heavy atom. The number of hydrogen-bond acceptors (Lipinski definition) is 2. The minimum Gasteiger partial charge on any atom is -0.322 e. The van der Waals surface area contributed by atoms with Gasteiger partial charge in [-0.25, -0.2) is 8.78 Å². The highest BCUT2D eigenvalue weighted by Gasteiger charge is 2.16. The molecular weight excluding hydrogens is 260 g/mol. The summed E-state index contributed by atoms with van der Waals surface area (Å²) in [5.41, 5.74) is 7.11. The van der Waals surface area contributed by atoms with Crippen molar-refractivity contribution in [2.24, 2.45) is 12.8 Å². The summed E-state index contributed by atoms with van der Waals surface area (Å²) in [4.78, 5) is 0. The largest absolute Gasteiger partial charge is 0.322 e.